The molecular formula is C21H30N4O2S. The van der Waals surface area contributed by atoms with Crippen LogP contribution in [-0.4, -0.2) is 52.3 Å². The van der Waals surface area contributed by atoms with Crippen molar-refractivity contribution in [2.45, 2.75) is 57.8 Å². The zero-order chi connectivity index (χ0) is 19.6. The number of aliphatic hydroxyl groups excluding tert-OH is 1. The third-order valence-corrected chi connectivity index (χ3v) is 7.08. The van der Waals surface area contributed by atoms with Crippen LogP contribution in [0.5, 0.6) is 0 Å². The van der Waals surface area contributed by atoms with Crippen molar-refractivity contribution in [2.75, 3.05) is 31.6 Å². The average molecular weight is 403 g/mol. The Balaban J connectivity index is 1.35. The SMILES string of the molecule is CCc1cc2c(s1)CCOC21CCN(Cc2cnc(NCC(C)O)nc2)CC1. The monoisotopic (exact) mass is 402 g/mol. The first-order valence-corrected chi connectivity index (χ1v) is 11.1. The Morgan fingerprint density at radius 3 is 2.75 bits per heavy atom. The molecule has 0 radical (unpaired) electrons. The van der Waals surface area contributed by atoms with Crippen LogP contribution < -0.4 is 5.32 Å². The summed E-state index contributed by atoms with van der Waals surface area (Å²) in [6.07, 6.45) is 7.62. The molecule has 4 rings (SSSR count). The topological polar surface area (TPSA) is 70.5 Å². The van der Waals surface area contributed by atoms with Gasteiger partial charge in [-0.15, -0.1) is 11.3 Å². The number of ether oxygens (including phenoxy) is 1. The summed E-state index contributed by atoms with van der Waals surface area (Å²) in [6.45, 7) is 8.20. The molecule has 0 amide bonds. The van der Waals surface area contributed by atoms with Crippen LogP contribution in [0.15, 0.2) is 18.5 Å². The molecule has 7 heteroatoms. The third-order valence-electron chi connectivity index (χ3n) is 5.74. The van der Waals surface area contributed by atoms with Crippen molar-refractivity contribution >= 4 is 17.3 Å². The predicted molar refractivity (Wildman–Crippen MR) is 112 cm³/mol. The van der Waals surface area contributed by atoms with Gasteiger partial charge in [0.25, 0.3) is 0 Å². The highest BCUT2D eigenvalue weighted by Gasteiger charge is 2.41. The van der Waals surface area contributed by atoms with E-state index in [0.717, 1.165) is 57.5 Å². The molecule has 1 spiro atoms. The number of aromatic nitrogens is 2. The number of likely N-dealkylation sites (tertiary alicyclic amines) is 1. The van der Waals surface area contributed by atoms with E-state index in [4.69, 9.17) is 4.74 Å². The number of aryl methyl sites for hydroxylation is 1. The summed E-state index contributed by atoms with van der Waals surface area (Å²) in [7, 11) is 0. The highest BCUT2D eigenvalue weighted by Crippen LogP contribution is 2.44. The fraction of sp³-hybridized carbons (Fsp3) is 0.619. The van der Waals surface area contributed by atoms with Crippen LogP contribution in [0.1, 0.15) is 47.6 Å². The Labute approximate surface area is 171 Å². The molecule has 0 saturated carbocycles. The normalized spacial score (nSPS) is 20.1. The summed E-state index contributed by atoms with van der Waals surface area (Å²) in [5.74, 6) is 0.564. The fourth-order valence-electron chi connectivity index (χ4n) is 4.16. The van der Waals surface area contributed by atoms with Crippen LogP contribution in [0.2, 0.25) is 0 Å². The van der Waals surface area contributed by atoms with Crippen molar-refractivity contribution in [1.82, 2.24) is 14.9 Å². The zero-order valence-electron chi connectivity index (χ0n) is 16.8. The first-order valence-electron chi connectivity index (χ1n) is 10.3. The minimum atomic E-state index is -0.414. The van der Waals surface area contributed by atoms with Gasteiger partial charge in [-0.3, -0.25) is 4.90 Å². The van der Waals surface area contributed by atoms with E-state index < -0.39 is 6.10 Å². The standard InChI is InChI=1S/C21H30N4O2S/c1-3-17-10-18-19(28-17)4-9-27-21(18)5-7-25(8-6-21)14-16-12-23-20(24-13-16)22-11-15(2)26/h10,12-13,15,26H,3-9,11,14H2,1-2H3,(H,22,23,24). The van der Waals surface area contributed by atoms with Gasteiger partial charge >= 0.3 is 0 Å². The summed E-state index contributed by atoms with van der Waals surface area (Å²) in [4.78, 5) is 14.2. The summed E-state index contributed by atoms with van der Waals surface area (Å²) < 4.78 is 6.38. The van der Waals surface area contributed by atoms with E-state index in [2.05, 4.69) is 33.2 Å². The molecule has 2 N–H and O–H groups in total. The van der Waals surface area contributed by atoms with Crippen molar-refractivity contribution in [1.29, 1.82) is 0 Å². The number of rotatable bonds is 6. The Bertz CT molecular complexity index is 782. The minimum Gasteiger partial charge on any atom is -0.392 e. The lowest BCUT2D eigenvalue weighted by atomic mass is 9.82. The van der Waals surface area contributed by atoms with E-state index in [0.29, 0.717) is 12.5 Å². The van der Waals surface area contributed by atoms with Gasteiger partial charge in [0, 0.05) is 60.3 Å². The molecule has 2 aliphatic heterocycles. The Morgan fingerprint density at radius 2 is 2.07 bits per heavy atom. The number of hydrogen-bond acceptors (Lipinski definition) is 7. The van der Waals surface area contributed by atoms with E-state index >= 15 is 0 Å². The number of aliphatic hydroxyl groups is 1. The number of nitrogens with zero attached hydrogens (tertiary/aromatic N) is 3. The second kappa shape index (κ2) is 8.45. The van der Waals surface area contributed by atoms with Gasteiger partial charge in [0.1, 0.15) is 0 Å². The molecule has 152 valence electrons. The van der Waals surface area contributed by atoms with E-state index in [1.807, 2.05) is 23.7 Å². The number of hydrogen-bond donors (Lipinski definition) is 2. The highest BCUT2D eigenvalue weighted by atomic mass is 32.1. The first-order chi connectivity index (χ1) is 13.6. The van der Waals surface area contributed by atoms with Crippen LogP contribution in [0.25, 0.3) is 0 Å². The first kappa shape index (κ1) is 19.8. The number of thiophene rings is 1. The number of piperidine rings is 1. The van der Waals surface area contributed by atoms with Gasteiger partial charge in [0.15, 0.2) is 0 Å². The smallest absolute Gasteiger partial charge is 0.222 e. The second-order valence-corrected chi connectivity index (χ2v) is 9.14. The molecule has 28 heavy (non-hydrogen) atoms. The van der Waals surface area contributed by atoms with Crippen LogP contribution >= 0.6 is 11.3 Å². The summed E-state index contributed by atoms with van der Waals surface area (Å²) in [6, 6.07) is 2.40. The average Bonchev–Trinajstić information content (AvgIpc) is 3.14. The zero-order valence-corrected chi connectivity index (χ0v) is 17.6. The van der Waals surface area contributed by atoms with E-state index in [-0.39, 0.29) is 5.60 Å². The Morgan fingerprint density at radius 1 is 1.32 bits per heavy atom. The quantitative estimate of drug-likeness (QED) is 0.774. The van der Waals surface area contributed by atoms with Crippen molar-refractivity contribution in [2.24, 2.45) is 0 Å². The van der Waals surface area contributed by atoms with Crippen molar-refractivity contribution in [3.8, 4) is 0 Å². The molecular weight excluding hydrogens is 372 g/mol. The summed E-state index contributed by atoms with van der Waals surface area (Å²) in [5, 5.41) is 12.4. The van der Waals surface area contributed by atoms with Gasteiger partial charge in [0.05, 0.1) is 18.3 Å². The van der Waals surface area contributed by atoms with Gasteiger partial charge < -0.3 is 15.2 Å². The lowest BCUT2D eigenvalue weighted by Crippen LogP contribution is -2.45. The summed E-state index contributed by atoms with van der Waals surface area (Å²) >= 11 is 1.98. The molecule has 2 aromatic rings. The van der Waals surface area contributed by atoms with Crippen molar-refractivity contribution < 1.29 is 9.84 Å². The van der Waals surface area contributed by atoms with E-state index in [1.54, 1.807) is 11.8 Å². The maximum absolute atomic E-state index is 9.33. The van der Waals surface area contributed by atoms with E-state index in [9.17, 15) is 5.11 Å². The molecule has 4 heterocycles. The molecule has 1 fully saturated rings. The van der Waals surface area contributed by atoms with Crippen LogP contribution in [0.4, 0.5) is 5.95 Å². The van der Waals surface area contributed by atoms with Crippen LogP contribution in [0, 0.1) is 0 Å². The molecule has 6 nitrogen and oxygen atoms in total. The lowest BCUT2D eigenvalue weighted by molar-refractivity contribution is -0.0981. The predicted octanol–water partition coefficient (Wildman–Crippen LogP) is 2.96. The van der Waals surface area contributed by atoms with Gasteiger partial charge in [-0.1, -0.05) is 6.92 Å². The highest BCUT2D eigenvalue weighted by molar-refractivity contribution is 7.12. The van der Waals surface area contributed by atoms with Gasteiger partial charge in [-0.05, 0) is 37.8 Å². The number of anilines is 1. The molecule has 2 aromatic heterocycles. The molecule has 0 aromatic carbocycles. The van der Waals surface area contributed by atoms with Gasteiger partial charge in [-0.25, -0.2) is 9.97 Å². The maximum Gasteiger partial charge on any atom is 0.222 e. The van der Waals surface area contributed by atoms with Gasteiger partial charge in [-0.2, -0.15) is 0 Å². The summed E-state index contributed by atoms with van der Waals surface area (Å²) in [5.41, 5.74) is 2.52. The van der Waals surface area contributed by atoms with E-state index in [1.165, 1.54) is 10.4 Å². The lowest BCUT2D eigenvalue weighted by Gasteiger charge is -2.44. The maximum atomic E-state index is 9.33. The largest absolute Gasteiger partial charge is 0.392 e. The Kier molecular flexibility index (Phi) is 5.96. The molecule has 0 bridgehead atoms. The number of nitrogens with one attached hydrogen (secondary N) is 1. The number of fused-ring (bicyclic) bond motifs is 2. The third kappa shape index (κ3) is 4.22. The van der Waals surface area contributed by atoms with Crippen LogP contribution in [-0.2, 0) is 29.7 Å². The fourth-order valence-corrected chi connectivity index (χ4v) is 5.34. The van der Waals surface area contributed by atoms with Crippen LogP contribution in [0.3, 0.4) is 0 Å². The molecule has 0 aliphatic carbocycles. The molecule has 1 saturated heterocycles. The molecule has 2 aliphatic rings. The molecule has 1 atom stereocenters. The van der Waals surface area contributed by atoms with Crippen molar-refractivity contribution in [3.63, 3.8) is 0 Å². The Hall–Kier alpha value is -1.54. The van der Waals surface area contributed by atoms with Crippen molar-refractivity contribution in [3.05, 3.63) is 39.3 Å². The second-order valence-electron chi connectivity index (χ2n) is 7.92. The van der Waals surface area contributed by atoms with Gasteiger partial charge in [0.2, 0.25) is 5.95 Å². The molecule has 1 unspecified atom stereocenters. The minimum absolute atomic E-state index is 0.0702.